The second kappa shape index (κ2) is 9.09. The number of aryl methyl sites for hydroxylation is 1. The van der Waals surface area contributed by atoms with Gasteiger partial charge in [0.15, 0.2) is 0 Å². The molecule has 6 nitrogen and oxygen atoms in total. The minimum atomic E-state index is -0.129. The van der Waals surface area contributed by atoms with Crippen molar-refractivity contribution in [1.82, 2.24) is 15.4 Å². The quantitative estimate of drug-likeness (QED) is 0.809. The first-order chi connectivity index (χ1) is 14.1. The highest BCUT2D eigenvalue weighted by atomic mass is 16.5. The third-order valence-electron chi connectivity index (χ3n) is 6.33. The summed E-state index contributed by atoms with van der Waals surface area (Å²) in [5.74, 6) is 1.07. The maximum Gasteiger partial charge on any atom is 0.257 e. The summed E-state index contributed by atoms with van der Waals surface area (Å²) in [4.78, 5) is 15.5. The Bertz CT molecular complexity index is 812. The van der Waals surface area contributed by atoms with Gasteiger partial charge < -0.3 is 19.8 Å². The molecule has 2 aliphatic rings. The van der Waals surface area contributed by atoms with Crippen LogP contribution in [-0.4, -0.2) is 52.9 Å². The number of hydrogen-bond donors (Lipinski definition) is 2. The number of hydrogen-bond acceptors (Lipinski definition) is 5. The Kier molecular flexibility index (Phi) is 6.31. The molecule has 1 aromatic carbocycles. The van der Waals surface area contributed by atoms with Crippen LogP contribution in [0, 0.1) is 12.8 Å². The van der Waals surface area contributed by atoms with Gasteiger partial charge in [0.1, 0.15) is 17.0 Å². The van der Waals surface area contributed by atoms with Crippen molar-refractivity contribution < 1.29 is 14.4 Å². The summed E-state index contributed by atoms with van der Waals surface area (Å²) >= 11 is 0. The van der Waals surface area contributed by atoms with E-state index in [1.165, 1.54) is 6.42 Å². The van der Waals surface area contributed by atoms with Gasteiger partial charge in [-0.25, -0.2) is 0 Å². The SMILES string of the molecule is Cc1onc(-c2ccccc2)c1C(=O)N[C@H]1CCC[C@@H](CN2CCC(O)CC2)C1. The number of piperidine rings is 1. The van der Waals surface area contributed by atoms with E-state index in [2.05, 4.69) is 15.4 Å². The number of carbonyl (C=O) groups excluding carboxylic acids is 1. The minimum Gasteiger partial charge on any atom is -0.393 e. The molecule has 156 valence electrons. The number of rotatable bonds is 5. The van der Waals surface area contributed by atoms with Gasteiger partial charge in [-0.1, -0.05) is 41.9 Å². The Morgan fingerprint density at radius 3 is 2.72 bits per heavy atom. The molecule has 0 spiro atoms. The monoisotopic (exact) mass is 397 g/mol. The molecule has 2 fully saturated rings. The summed E-state index contributed by atoms with van der Waals surface area (Å²) < 4.78 is 5.35. The lowest BCUT2D eigenvalue weighted by Crippen LogP contribution is -2.43. The fourth-order valence-corrected chi connectivity index (χ4v) is 4.75. The molecule has 2 atom stereocenters. The van der Waals surface area contributed by atoms with E-state index in [9.17, 15) is 9.90 Å². The van der Waals surface area contributed by atoms with Gasteiger partial charge >= 0.3 is 0 Å². The van der Waals surface area contributed by atoms with E-state index in [1.807, 2.05) is 30.3 Å². The van der Waals surface area contributed by atoms with Gasteiger partial charge in [-0.05, 0) is 44.9 Å². The van der Waals surface area contributed by atoms with Crippen LogP contribution in [0.15, 0.2) is 34.9 Å². The van der Waals surface area contributed by atoms with Crippen molar-refractivity contribution in [2.45, 2.75) is 57.6 Å². The lowest BCUT2D eigenvalue weighted by molar-refractivity contribution is 0.0679. The molecule has 29 heavy (non-hydrogen) atoms. The summed E-state index contributed by atoms with van der Waals surface area (Å²) in [6, 6.07) is 9.90. The van der Waals surface area contributed by atoms with Gasteiger partial charge in [0.05, 0.1) is 6.10 Å². The highest BCUT2D eigenvalue weighted by Crippen LogP contribution is 2.28. The highest BCUT2D eigenvalue weighted by Gasteiger charge is 2.29. The van der Waals surface area contributed by atoms with Crippen LogP contribution in [0.25, 0.3) is 11.3 Å². The predicted octanol–water partition coefficient (Wildman–Crippen LogP) is 3.40. The van der Waals surface area contributed by atoms with Crippen LogP contribution in [0.1, 0.15) is 54.6 Å². The molecule has 2 aromatic rings. The van der Waals surface area contributed by atoms with E-state index < -0.39 is 0 Å². The fourth-order valence-electron chi connectivity index (χ4n) is 4.75. The molecule has 1 aliphatic carbocycles. The standard InChI is InChI=1S/C23H31N3O3/c1-16-21(22(25-29-16)18-7-3-2-4-8-18)23(28)24-19-9-5-6-17(14-19)15-26-12-10-20(27)11-13-26/h2-4,7-8,17,19-20,27H,5-6,9-15H2,1H3,(H,24,28)/t17-,19+/m1/s1. The molecule has 0 bridgehead atoms. The number of amides is 1. The van der Waals surface area contributed by atoms with Crippen LogP contribution in [0.2, 0.25) is 0 Å². The average molecular weight is 398 g/mol. The molecule has 0 unspecified atom stereocenters. The Hall–Kier alpha value is -2.18. The lowest BCUT2D eigenvalue weighted by atomic mass is 9.84. The maximum atomic E-state index is 13.1. The van der Waals surface area contributed by atoms with Crippen LogP contribution in [0.5, 0.6) is 0 Å². The number of aliphatic hydroxyl groups excluding tert-OH is 1. The third-order valence-corrected chi connectivity index (χ3v) is 6.33. The molecular weight excluding hydrogens is 366 g/mol. The molecule has 1 aromatic heterocycles. The first kappa shape index (κ1) is 20.1. The summed E-state index contributed by atoms with van der Waals surface area (Å²) in [6.45, 7) is 4.83. The van der Waals surface area contributed by atoms with E-state index in [-0.39, 0.29) is 18.1 Å². The van der Waals surface area contributed by atoms with Gasteiger partial charge in [0.25, 0.3) is 5.91 Å². The zero-order chi connectivity index (χ0) is 20.2. The number of nitrogens with one attached hydrogen (secondary N) is 1. The van der Waals surface area contributed by atoms with Crippen LogP contribution in [-0.2, 0) is 0 Å². The minimum absolute atomic E-state index is 0.0886. The topological polar surface area (TPSA) is 78.6 Å². The largest absolute Gasteiger partial charge is 0.393 e. The van der Waals surface area contributed by atoms with Gasteiger partial charge in [0.2, 0.25) is 0 Å². The van der Waals surface area contributed by atoms with Gasteiger partial charge in [0, 0.05) is 31.2 Å². The molecule has 1 amide bonds. The molecular formula is C23H31N3O3. The van der Waals surface area contributed by atoms with Gasteiger partial charge in [-0.3, -0.25) is 4.79 Å². The molecule has 0 radical (unpaired) electrons. The second-order valence-corrected chi connectivity index (χ2v) is 8.56. The highest BCUT2D eigenvalue weighted by molar-refractivity contribution is 6.00. The Morgan fingerprint density at radius 2 is 1.97 bits per heavy atom. The third kappa shape index (κ3) is 4.87. The van der Waals surface area contributed by atoms with Crippen LogP contribution in [0.4, 0.5) is 0 Å². The van der Waals surface area contributed by atoms with Crippen molar-refractivity contribution in [2.75, 3.05) is 19.6 Å². The van der Waals surface area contributed by atoms with E-state index >= 15 is 0 Å². The van der Waals surface area contributed by atoms with Crippen molar-refractivity contribution in [3.8, 4) is 11.3 Å². The number of likely N-dealkylation sites (tertiary alicyclic amines) is 1. The molecule has 6 heteroatoms. The Balaban J connectivity index is 1.38. The first-order valence-electron chi connectivity index (χ1n) is 10.8. The number of benzene rings is 1. The van der Waals surface area contributed by atoms with Crippen molar-refractivity contribution in [3.05, 3.63) is 41.7 Å². The zero-order valence-electron chi connectivity index (χ0n) is 17.1. The number of aromatic nitrogens is 1. The summed E-state index contributed by atoms with van der Waals surface area (Å²) in [6.07, 6.45) is 6.01. The van der Waals surface area contributed by atoms with Crippen LogP contribution in [0.3, 0.4) is 0 Å². The van der Waals surface area contributed by atoms with E-state index in [0.717, 1.165) is 57.3 Å². The van der Waals surface area contributed by atoms with Crippen molar-refractivity contribution in [1.29, 1.82) is 0 Å². The molecule has 2 heterocycles. The van der Waals surface area contributed by atoms with Crippen molar-refractivity contribution >= 4 is 5.91 Å². The van der Waals surface area contributed by atoms with E-state index in [4.69, 9.17) is 4.52 Å². The molecule has 2 N–H and O–H groups in total. The molecule has 4 rings (SSSR count). The van der Waals surface area contributed by atoms with Crippen molar-refractivity contribution in [2.24, 2.45) is 5.92 Å². The average Bonchev–Trinajstić information content (AvgIpc) is 3.12. The van der Waals surface area contributed by atoms with E-state index in [0.29, 0.717) is 22.9 Å². The maximum absolute atomic E-state index is 13.1. The predicted molar refractivity (Wildman–Crippen MR) is 112 cm³/mol. The summed E-state index contributed by atoms with van der Waals surface area (Å²) in [5.41, 5.74) is 2.05. The van der Waals surface area contributed by atoms with Gasteiger partial charge in [-0.2, -0.15) is 0 Å². The van der Waals surface area contributed by atoms with Crippen molar-refractivity contribution in [3.63, 3.8) is 0 Å². The summed E-state index contributed by atoms with van der Waals surface area (Å²) in [7, 11) is 0. The fraction of sp³-hybridized carbons (Fsp3) is 0.565. The first-order valence-corrected chi connectivity index (χ1v) is 10.8. The Labute approximate surface area is 172 Å². The molecule has 1 saturated carbocycles. The number of nitrogens with zero attached hydrogens (tertiary/aromatic N) is 2. The van der Waals surface area contributed by atoms with Crippen LogP contribution < -0.4 is 5.32 Å². The van der Waals surface area contributed by atoms with E-state index in [1.54, 1.807) is 6.92 Å². The molecule has 1 saturated heterocycles. The smallest absolute Gasteiger partial charge is 0.257 e. The molecule has 1 aliphatic heterocycles. The summed E-state index contributed by atoms with van der Waals surface area (Å²) in [5, 5.41) is 17.1. The number of carbonyl (C=O) groups is 1. The Morgan fingerprint density at radius 1 is 1.21 bits per heavy atom. The second-order valence-electron chi connectivity index (χ2n) is 8.56. The normalized spacial score (nSPS) is 23.8. The zero-order valence-corrected chi connectivity index (χ0v) is 17.1. The van der Waals surface area contributed by atoms with Gasteiger partial charge in [-0.15, -0.1) is 0 Å². The number of aliphatic hydroxyl groups is 1. The lowest BCUT2D eigenvalue weighted by Gasteiger charge is -2.36. The van der Waals surface area contributed by atoms with Crippen LogP contribution >= 0.6 is 0 Å².